The van der Waals surface area contributed by atoms with E-state index in [0.29, 0.717) is 33.8 Å². The summed E-state index contributed by atoms with van der Waals surface area (Å²) in [5, 5.41) is 10.9. The summed E-state index contributed by atoms with van der Waals surface area (Å²) in [5.41, 5.74) is 24.1. The zero-order valence-electron chi connectivity index (χ0n) is 24.5. The molecular formula is C27H34N14O4. The number of nitrogens with one attached hydrogen (secondary N) is 5. The Morgan fingerprint density at radius 2 is 1.24 bits per heavy atom. The van der Waals surface area contributed by atoms with Crippen LogP contribution in [0.4, 0.5) is 23.0 Å². The maximum Gasteiger partial charge on any atom is 0.274 e. The lowest BCUT2D eigenvalue weighted by Crippen LogP contribution is -2.23. The summed E-state index contributed by atoms with van der Waals surface area (Å²) in [5.74, 6) is -1.50. The van der Waals surface area contributed by atoms with E-state index in [1.807, 2.05) is 0 Å². The van der Waals surface area contributed by atoms with Crippen LogP contribution in [0.25, 0.3) is 11.0 Å². The molecule has 3 heterocycles. The summed E-state index contributed by atoms with van der Waals surface area (Å²) in [4.78, 5) is 65.1. The molecule has 3 aromatic heterocycles. The molecule has 0 aliphatic carbocycles. The second kappa shape index (κ2) is 13.8. The number of H-pyrrole nitrogens is 1. The fourth-order valence-corrected chi connectivity index (χ4v) is 4.25. The number of hydrogen-bond acceptors (Lipinski definition) is 7. The fourth-order valence-electron chi connectivity index (χ4n) is 4.25. The van der Waals surface area contributed by atoms with Crippen LogP contribution in [0.2, 0.25) is 0 Å². The molecule has 0 unspecified atom stereocenters. The van der Waals surface area contributed by atoms with Crippen LogP contribution in [0, 0.1) is 0 Å². The van der Waals surface area contributed by atoms with E-state index in [1.54, 1.807) is 59.9 Å². The van der Waals surface area contributed by atoms with E-state index in [0.717, 1.165) is 0 Å². The Morgan fingerprint density at radius 3 is 1.76 bits per heavy atom. The summed E-state index contributed by atoms with van der Waals surface area (Å²) in [6.07, 6.45) is 3.36. The molecule has 0 saturated heterocycles. The van der Waals surface area contributed by atoms with E-state index in [1.165, 1.54) is 6.07 Å². The van der Waals surface area contributed by atoms with Gasteiger partial charge in [-0.25, -0.2) is 4.98 Å². The fraction of sp³-hybridized carbons (Fsp3) is 0.222. The lowest BCUT2D eigenvalue weighted by Gasteiger charge is -2.05. The first-order valence-corrected chi connectivity index (χ1v) is 13.5. The zero-order valence-corrected chi connectivity index (χ0v) is 24.5. The third-order valence-corrected chi connectivity index (χ3v) is 6.28. The SMILES string of the molecule is Cn1cc(NC(=O)CCN=C(N)N)cc1C(=O)Nc1ccc2nc(NC(=O)c3cc(NC(=O)CCN=C(N)N)cn3C)[nH]c2c1. The molecule has 0 saturated carbocycles. The number of imidazole rings is 1. The number of guanidine groups is 2. The van der Waals surface area contributed by atoms with E-state index >= 15 is 0 Å². The standard InChI is InChI=1S/C27H34N14O4/c1-40-12-15(34-21(42)5-7-32-25(28)29)10-19(40)23(44)36-14-3-4-17-18(9-14)38-27(37-17)39-24(45)20-11-16(13-41(20)2)35-22(43)6-8-33-26(30)31/h3-4,9-13H,5-8H2,1-2H3,(H,34,42)(H,35,43)(H,36,44)(H4,28,29,32)(H4,30,31,33)(H2,37,38,39,45). The van der Waals surface area contributed by atoms with Gasteiger partial charge in [-0.3, -0.25) is 34.5 Å². The molecule has 236 valence electrons. The molecule has 0 atom stereocenters. The van der Waals surface area contributed by atoms with Crippen molar-refractivity contribution in [3.8, 4) is 0 Å². The number of anilines is 4. The Morgan fingerprint density at radius 1 is 0.733 bits per heavy atom. The normalized spacial score (nSPS) is 10.6. The molecule has 0 aliphatic heterocycles. The maximum absolute atomic E-state index is 13.0. The van der Waals surface area contributed by atoms with Crippen LogP contribution in [0.3, 0.4) is 0 Å². The van der Waals surface area contributed by atoms with Gasteiger partial charge in [0.1, 0.15) is 11.4 Å². The minimum absolute atomic E-state index is 0.0724. The molecule has 18 heteroatoms. The highest BCUT2D eigenvalue weighted by atomic mass is 16.2. The van der Waals surface area contributed by atoms with E-state index < -0.39 is 11.8 Å². The van der Waals surface area contributed by atoms with E-state index in [9.17, 15) is 19.2 Å². The third-order valence-electron chi connectivity index (χ3n) is 6.28. The summed E-state index contributed by atoms with van der Waals surface area (Å²) in [6, 6.07) is 8.09. The van der Waals surface area contributed by atoms with Gasteiger partial charge >= 0.3 is 0 Å². The van der Waals surface area contributed by atoms with Crippen LogP contribution in [-0.4, -0.2) is 67.7 Å². The van der Waals surface area contributed by atoms with Crippen LogP contribution in [-0.2, 0) is 23.7 Å². The van der Waals surface area contributed by atoms with Gasteiger partial charge in [0.2, 0.25) is 17.8 Å². The van der Waals surface area contributed by atoms with Gasteiger partial charge in [-0.1, -0.05) is 0 Å². The second-order valence-electron chi connectivity index (χ2n) is 9.88. The van der Waals surface area contributed by atoms with Crippen molar-refractivity contribution in [1.82, 2.24) is 19.1 Å². The Labute approximate surface area is 256 Å². The Hall–Kier alpha value is -6.33. The van der Waals surface area contributed by atoms with Crippen molar-refractivity contribution < 1.29 is 19.2 Å². The zero-order chi connectivity index (χ0) is 32.7. The predicted molar refractivity (Wildman–Crippen MR) is 171 cm³/mol. The number of carbonyl (C=O) groups is 4. The van der Waals surface area contributed by atoms with Crippen LogP contribution in [0.5, 0.6) is 0 Å². The topological polar surface area (TPSA) is 284 Å². The molecule has 0 fully saturated rings. The van der Waals surface area contributed by atoms with E-state index in [2.05, 4.69) is 41.2 Å². The molecule has 4 rings (SSSR count). The number of nitrogens with zero attached hydrogens (tertiary/aromatic N) is 5. The molecule has 1 aromatic carbocycles. The number of aliphatic imine (C=N–C) groups is 2. The van der Waals surface area contributed by atoms with Gasteiger partial charge in [0, 0.05) is 45.0 Å². The largest absolute Gasteiger partial charge is 0.370 e. The van der Waals surface area contributed by atoms with Crippen molar-refractivity contribution in [2.24, 2.45) is 47.0 Å². The number of hydrogen-bond donors (Lipinski definition) is 9. The molecule has 18 nitrogen and oxygen atoms in total. The number of amides is 4. The van der Waals surface area contributed by atoms with Crippen LogP contribution in [0.1, 0.15) is 33.8 Å². The van der Waals surface area contributed by atoms with Gasteiger partial charge in [0.05, 0.1) is 35.5 Å². The number of fused-ring (bicyclic) bond motifs is 1. The maximum atomic E-state index is 13.0. The van der Waals surface area contributed by atoms with E-state index in [-0.39, 0.29) is 61.3 Å². The Bertz CT molecular complexity index is 1710. The van der Waals surface area contributed by atoms with Crippen LogP contribution < -0.4 is 44.2 Å². The lowest BCUT2D eigenvalue weighted by molar-refractivity contribution is -0.116. The van der Waals surface area contributed by atoms with Crippen molar-refractivity contribution in [3.05, 3.63) is 54.1 Å². The van der Waals surface area contributed by atoms with Gasteiger partial charge in [0.15, 0.2) is 11.9 Å². The number of aromatic amines is 1. The van der Waals surface area contributed by atoms with Crippen molar-refractivity contribution in [3.63, 3.8) is 0 Å². The minimum Gasteiger partial charge on any atom is -0.370 e. The number of benzene rings is 1. The van der Waals surface area contributed by atoms with Gasteiger partial charge in [-0.05, 0) is 30.3 Å². The highest BCUT2D eigenvalue weighted by Gasteiger charge is 2.17. The average Bonchev–Trinajstić information content (AvgIpc) is 3.63. The summed E-state index contributed by atoms with van der Waals surface area (Å²) in [7, 11) is 3.34. The van der Waals surface area contributed by atoms with Crippen molar-refractivity contribution in [2.75, 3.05) is 34.4 Å². The van der Waals surface area contributed by atoms with Crippen molar-refractivity contribution in [2.45, 2.75) is 12.8 Å². The molecule has 4 amide bonds. The predicted octanol–water partition coefficient (Wildman–Crippen LogP) is -0.0515. The summed E-state index contributed by atoms with van der Waals surface area (Å²) in [6.45, 7) is 0.286. The number of rotatable bonds is 12. The highest BCUT2D eigenvalue weighted by Crippen LogP contribution is 2.22. The Kier molecular flexibility index (Phi) is 9.66. The summed E-state index contributed by atoms with van der Waals surface area (Å²) >= 11 is 0. The first-order valence-electron chi connectivity index (χ1n) is 13.5. The number of aryl methyl sites for hydroxylation is 2. The molecule has 45 heavy (non-hydrogen) atoms. The van der Waals surface area contributed by atoms with Gasteiger partial charge < -0.3 is 53.0 Å². The average molecular weight is 619 g/mol. The van der Waals surface area contributed by atoms with Gasteiger partial charge in [0.25, 0.3) is 11.8 Å². The minimum atomic E-state index is -0.464. The third kappa shape index (κ3) is 8.60. The second-order valence-corrected chi connectivity index (χ2v) is 9.88. The highest BCUT2D eigenvalue weighted by molar-refractivity contribution is 6.06. The Balaban J connectivity index is 1.37. The summed E-state index contributed by atoms with van der Waals surface area (Å²) < 4.78 is 3.14. The molecule has 13 N–H and O–H groups in total. The van der Waals surface area contributed by atoms with Gasteiger partial charge in [-0.2, -0.15) is 0 Å². The lowest BCUT2D eigenvalue weighted by atomic mass is 10.2. The molecule has 0 bridgehead atoms. The van der Waals surface area contributed by atoms with Crippen LogP contribution >= 0.6 is 0 Å². The quantitative estimate of drug-likeness (QED) is 0.0758. The molecular weight excluding hydrogens is 584 g/mol. The molecule has 0 aliphatic rings. The molecule has 0 radical (unpaired) electrons. The van der Waals surface area contributed by atoms with Crippen molar-refractivity contribution in [1.29, 1.82) is 0 Å². The first kappa shape index (κ1) is 31.6. The van der Waals surface area contributed by atoms with Gasteiger partial charge in [-0.15, -0.1) is 0 Å². The van der Waals surface area contributed by atoms with E-state index in [4.69, 9.17) is 22.9 Å². The number of carbonyl (C=O) groups excluding carboxylic acids is 4. The molecule has 4 aromatic rings. The first-order chi connectivity index (χ1) is 21.4. The molecule has 0 spiro atoms. The van der Waals surface area contributed by atoms with Crippen LogP contribution in [0.15, 0.2) is 52.7 Å². The van der Waals surface area contributed by atoms with Crippen molar-refractivity contribution >= 4 is 69.6 Å². The number of aromatic nitrogens is 4. The smallest absolute Gasteiger partial charge is 0.274 e. The number of nitrogens with two attached hydrogens (primary N) is 4. The monoisotopic (exact) mass is 618 g/mol.